The first-order valence-electron chi connectivity index (χ1n) is 8.09. The van der Waals surface area contributed by atoms with E-state index in [4.69, 9.17) is 4.98 Å². The van der Waals surface area contributed by atoms with Gasteiger partial charge < -0.3 is 10.3 Å². The summed E-state index contributed by atoms with van der Waals surface area (Å²) in [6.45, 7) is 4.57. The van der Waals surface area contributed by atoms with Gasteiger partial charge in [-0.05, 0) is 51.6 Å². The highest BCUT2D eigenvalue weighted by Crippen LogP contribution is 2.33. The smallest absolute Gasteiger partial charge is 0.106 e. The third kappa shape index (κ3) is 3.19. The van der Waals surface area contributed by atoms with Crippen molar-refractivity contribution in [2.45, 2.75) is 64.2 Å². The van der Waals surface area contributed by atoms with Gasteiger partial charge in [-0.2, -0.15) is 0 Å². The third-order valence-electron chi connectivity index (χ3n) is 4.84. The van der Waals surface area contributed by atoms with Crippen molar-refractivity contribution < 1.29 is 0 Å². The Morgan fingerprint density at radius 2 is 1.95 bits per heavy atom. The van der Waals surface area contributed by atoms with Gasteiger partial charge in [0.15, 0.2) is 0 Å². The Balaban J connectivity index is 1.66. The minimum absolute atomic E-state index is 0.725. The molecule has 2 N–H and O–H groups in total. The maximum absolute atomic E-state index is 4.94. The molecular weight excluding hydrogens is 234 g/mol. The van der Waals surface area contributed by atoms with Crippen molar-refractivity contribution in [3.8, 4) is 0 Å². The Morgan fingerprint density at radius 1 is 1.11 bits per heavy atom. The van der Waals surface area contributed by atoms with Gasteiger partial charge in [-0.15, -0.1) is 0 Å². The molecule has 2 fully saturated rings. The van der Waals surface area contributed by atoms with Crippen molar-refractivity contribution in [1.82, 2.24) is 15.3 Å². The lowest BCUT2D eigenvalue weighted by atomic mass is 9.86. The van der Waals surface area contributed by atoms with Crippen LogP contribution in [-0.4, -0.2) is 23.1 Å². The second-order valence-electron chi connectivity index (χ2n) is 6.45. The number of imidazole rings is 1. The van der Waals surface area contributed by atoms with E-state index in [2.05, 4.69) is 17.2 Å². The molecule has 1 aliphatic carbocycles. The molecule has 19 heavy (non-hydrogen) atoms. The predicted octanol–water partition coefficient (Wildman–Crippen LogP) is 3.31. The fourth-order valence-electron chi connectivity index (χ4n) is 3.78. The second kappa shape index (κ2) is 6.08. The zero-order valence-corrected chi connectivity index (χ0v) is 12.2. The minimum atomic E-state index is 0.725. The van der Waals surface area contributed by atoms with E-state index in [1.807, 2.05) is 0 Å². The molecular formula is C16H27N3. The number of rotatable bonds is 3. The van der Waals surface area contributed by atoms with Gasteiger partial charge in [-0.1, -0.05) is 19.3 Å². The molecule has 0 amide bonds. The summed E-state index contributed by atoms with van der Waals surface area (Å²) >= 11 is 0. The number of aromatic amines is 1. The zero-order valence-electron chi connectivity index (χ0n) is 12.2. The maximum Gasteiger partial charge on any atom is 0.106 e. The van der Waals surface area contributed by atoms with Crippen LogP contribution in [0.5, 0.6) is 0 Å². The first-order chi connectivity index (χ1) is 9.33. The number of nitrogens with zero attached hydrogens (tertiary/aromatic N) is 1. The minimum Gasteiger partial charge on any atom is -0.346 e. The molecule has 1 saturated carbocycles. The number of aryl methyl sites for hydroxylation is 1. The van der Waals surface area contributed by atoms with Crippen LogP contribution < -0.4 is 5.32 Å². The molecule has 2 heterocycles. The molecule has 1 aliphatic heterocycles. The lowest BCUT2D eigenvalue weighted by molar-refractivity contribution is 0.371. The zero-order chi connectivity index (χ0) is 13.1. The Bertz CT molecular complexity index is 398. The van der Waals surface area contributed by atoms with Crippen LogP contribution in [-0.2, 0) is 6.42 Å². The standard InChI is InChI=1S/C16H27N3/c1-12-16(14-7-3-2-4-8-14)19-15(18-12)10-13-6-5-9-17-11-13/h13-14,17H,2-11H2,1H3,(H,18,19). The summed E-state index contributed by atoms with van der Waals surface area (Å²) in [5, 5.41) is 3.50. The predicted molar refractivity (Wildman–Crippen MR) is 78.4 cm³/mol. The van der Waals surface area contributed by atoms with Crippen LogP contribution in [0.4, 0.5) is 0 Å². The SMILES string of the molecule is Cc1[nH]c(CC2CCCNC2)nc1C1CCCCC1. The summed E-state index contributed by atoms with van der Waals surface area (Å²) in [5.41, 5.74) is 2.70. The van der Waals surface area contributed by atoms with E-state index >= 15 is 0 Å². The fraction of sp³-hybridized carbons (Fsp3) is 0.812. The van der Waals surface area contributed by atoms with E-state index < -0.39 is 0 Å². The maximum atomic E-state index is 4.94. The molecule has 106 valence electrons. The topological polar surface area (TPSA) is 40.7 Å². The van der Waals surface area contributed by atoms with Gasteiger partial charge >= 0.3 is 0 Å². The fourth-order valence-corrected chi connectivity index (χ4v) is 3.78. The van der Waals surface area contributed by atoms with Gasteiger partial charge in [-0.25, -0.2) is 4.98 Å². The Hall–Kier alpha value is -0.830. The van der Waals surface area contributed by atoms with E-state index in [1.165, 1.54) is 75.2 Å². The molecule has 0 aromatic carbocycles. The molecule has 3 nitrogen and oxygen atoms in total. The van der Waals surface area contributed by atoms with Gasteiger partial charge in [0.05, 0.1) is 5.69 Å². The van der Waals surface area contributed by atoms with Gasteiger partial charge in [0.1, 0.15) is 5.82 Å². The van der Waals surface area contributed by atoms with Crippen LogP contribution in [0.1, 0.15) is 68.1 Å². The van der Waals surface area contributed by atoms with Crippen LogP contribution in [0.2, 0.25) is 0 Å². The lowest BCUT2D eigenvalue weighted by Crippen LogP contribution is -2.31. The van der Waals surface area contributed by atoms with E-state index in [9.17, 15) is 0 Å². The Morgan fingerprint density at radius 3 is 2.68 bits per heavy atom. The summed E-state index contributed by atoms with van der Waals surface area (Å²) < 4.78 is 0. The van der Waals surface area contributed by atoms with Gasteiger partial charge in [0.2, 0.25) is 0 Å². The number of hydrogen-bond donors (Lipinski definition) is 2. The van der Waals surface area contributed by atoms with Crippen LogP contribution in [0, 0.1) is 12.8 Å². The van der Waals surface area contributed by atoms with Crippen LogP contribution in [0.25, 0.3) is 0 Å². The van der Waals surface area contributed by atoms with Crippen molar-refractivity contribution in [2.24, 2.45) is 5.92 Å². The molecule has 2 aliphatic rings. The van der Waals surface area contributed by atoms with Gasteiger partial charge in [-0.3, -0.25) is 0 Å². The molecule has 0 spiro atoms. The summed E-state index contributed by atoms with van der Waals surface area (Å²) in [6, 6.07) is 0. The van der Waals surface area contributed by atoms with E-state index in [0.717, 1.165) is 18.3 Å². The van der Waals surface area contributed by atoms with E-state index in [0.29, 0.717) is 0 Å². The summed E-state index contributed by atoms with van der Waals surface area (Å²) in [7, 11) is 0. The van der Waals surface area contributed by atoms with Gasteiger partial charge in [0.25, 0.3) is 0 Å². The van der Waals surface area contributed by atoms with Crippen molar-refractivity contribution >= 4 is 0 Å². The normalized spacial score (nSPS) is 25.6. The largest absolute Gasteiger partial charge is 0.346 e. The molecule has 1 unspecified atom stereocenters. The van der Waals surface area contributed by atoms with Crippen molar-refractivity contribution in [3.63, 3.8) is 0 Å². The monoisotopic (exact) mass is 261 g/mol. The molecule has 1 atom stereocenters. The highest BCUT2D eigenvalue weighted by Gasteiger charge is 2.22. The van der Waals surface area contributed by atoms with Crippen LogP contribution in [0.15, 0.2) is 0 Å². The van der Waals surface area contributed by atoms with E-state index in [1.54, 1.807) is 0 Å². The molecule has 1 aromatic heterocycles. The molecule has 1 saturated heterocycles. The Kier molecular flexibility index (Phi) is 4.21. The van der Waals surface area contributed by atoms with Crippen LogP contribution >= 0.6 is 0 Å². The first kappa shape index (κ1) is 13.2. The first-order valence-corrected chi connectivity index (χ1v) is 8.09. The average molecular weight is 261 g/mol. The number of aromatic nitrogens is 2. The molecule has 0 bridgehead atoms. The molecule has 3 rings (SSSR count). The summed E-state index contributed by atoms with van der Waals surface area (Å²) in [4.78, 5) is 8.49. The highest BCUT2D eigenvalue weighted by molar-refractivity contribution is 5.18. The lowest BCUT2D eigenvalue weighted by Gasteiger charge is -2.21. The third-order valence-corrected chi connectivity index (χ3v) is 4.84. The molecule has 1 aromatic rings. The number of H-pyrrole nitrogens is 1. The average Bonchev–Trinajstić information content (AvgIpc) is 2.82. The number of hydrogen-bond acceptors (Lipinski definition) is 2. The molecule has 3 heteroatoms. The van der Waals surface area contributed by atoms with Gasteiger partial charge in [0, 0.05) is 18.0 Å². The number of piperidine rings is 1. The van der Waals surface area contributed by atoms with E-state index in [-0.39, 0.29) is 0 Å². The van der Waals surface area contributed by atoms with Crippen molar-refractivity contribution in [3.05, 3.63) is 17.2 Å². The highest BCUT2D eigenvalue weighted by atomic mass is 14.9. The Labute approximate surface area is 116 Å². The summed E-state index contributed by atoms with van der Waals surface area (Å²) in [6.07, 6.45) is 10.7. The summed E-state index contributed by atoms with van der Waals surface area (Å²) in [5.74, 6) is 2.73. The van der Waals surface area contributed by atoms with Crippen molar-refractivity contribution in [2.75, 3.05) is 13.1 Å². The number of nitrogens with one attached hydrogen (secondary N) is 2. The quantitative estimate of drug-likeness (QED) is 0.876. The second-order valence-corrected chi connectivity index (χ2v) is 6.45. The van der Waals surface area contributed by atoms with Crippen LogP contribution in [0.3, 0.4) is 0 Å². The molecule has 0 radical (unpaired) electrons. The van der Waals surface area contributed by atoms with Crippen molar-refractivity contribution in [1.29, 1.82) is 0 Å².